The van der Waals surface area contributed by atoms with E-state index >= 15 is 0 Å². The Labute approximate surface area is 199 Å². The normalized spacial score (nSPS) is 15.2. The van der Waals surface area contributed by atoms with Crippen molar-refractivity contribution in [3.63, 3.8) is 0 Å². The first kappa shape index (κ1) is 22.7. The van der Waals surface area contributed by atoms with Gasteiger partial charge in [0.2, 0.25) is 0 Å². The lowest BCUT2D eigenvalue weighted by Crippen LogP contribution is -2.26. The smallest absolute Gasteiger partial charge is 0.310 e. The minimum Gasteiger partial charge on any atom is -0.497 e. The minimum absolute atomic E-state index is 0.180. The Morgan fingerprint density at radius 1 is 0.939 bits per heavy atom. The molecule has 0 N–H and O–H groups in total. The van der Waals surface area contributed by atoms with E-state index < -0.39 is 0 Å². The van der Waals surface area contributed by atoms with Crippen LogP contribution in [0.4, 0.5) is 0 Å². The van der Waals surface area contributed by atoms with E-state index in [2.05, 4.69) is 15.9 Å². The number of ether oxygens (including phenoxy) is 4. The van der Waals surface area contributed by atoms with Crippen LogP contribution in [-0.4, -0.2) is 45.1 Å². The van der Waals surface area contributed by atoms with Crippen LogP contribution in [0.25, 0.3) is 0 Å². The van der Waals surface area contributed by atoms with E-state index in [1.54, 1.807) is 46.6 Å². The number of halogens is 1. The fraction of sp³-hybridized carbons (Fsp3) is 0.250. The molecule has 1 amide bonds. The molecule has 0 fully saturated rings. The van der Waals surface area contributed by atoms with Crippen molar-refractivity contribution in [3.05, 3.63) is 70.1 Å². The largest absolute Gasteiger partial charge is 0.497 e. The second kappa shape index (κ2) is 9.58. The van der Waals surface area contributed by atoms with Gasteiger partial charge >= 0.3 is 5.91 Å². The lowest BCUT2D eigenvalue weighted by Gasteiger charge is -2.22. The third-order valence-corrected chi connectivity index (χ3v) is 5.84. The summed E-state index contributed by atoms with van der Waals surface area (Å²) in [5.74, 6) is 2.26. The third kappa shape index (κ3) is 4.41. The number of carbonyl (C=O) groups is 1. The number of hydrazone groups is 1. The Bertz CT molecular complexity index is 1210. The van der Waals surface area contributed by atoms with Crippen molar-refractivity contribution in [2.24, 2.45) is 5.10 Å². The average molecular weight is 515 g/mol. The average Bonchev–Trinajstić information content (AvgIpc) is 3.49. The van der Waals surface area contributed by atoms with Crippen LogP contribution < -0.4 is 18.9 Å². The van der Waals surface area contributed by atoms with Crippen molar-refractivity contribution >= 4 is 27.5 Å². The van der Waals surface area contributed by atoms with Gasteiger partial charge in [0, 0.05) is 18.1 Å². The van der Waals surface area contributed by atoms with Gasteiger partial charge in [0.05, 0.1) is 40.2 Å². The summed E-state index contributed by atoms with van der Waals surface area (Å²) in [5, 5.41) is 6.13. The zero-order chi connectivity index (χ0) is 23.5. The van der Waals surface area contributed by atoms with Crippen LogP contribution in [-0.2, 0) is 0 Å². The summed E-state index contributed by atoms with van der Waals surface area (Å²) in [6, 6.07) is 14.0. The maximum Gasteiger partial charge on any atom is 0.310 e. The molecule has 2 aromatic carbocycles. The van der Waals surface area contributed by atoms with Crippen LogP contribution in [0.3, 0.4) is 0 Å². The van der Waals surface area contributed by atoms with Crippen molar-refractivity contribution in [2.45, 2.75) is 12.5 Å². The molecule has 0 aliphatic carbocycles. The third-order valence-electron chi connectivity index (χ3n) is 5.41. The standard InChI is InChI=1S/C24H23BrN2O6/c1-29-15-6-7-16(21(12-15)31-3)17-13-18(14-5-8-19(30-2)22(11-14)32-4)27(26-17)24(28)20-9-10-23(25)33-20/h5-12,18H,13H2,1-4H3/t18-/m0/s1. The molecule has 1 atom stereocenters. The van der Waals surface area contributed by atoms with E-state index in [1.807, 2.05) is 30.3 Å². The molecule has 0 bridgehead atoms. The highest BCUT2D eigenvalue weighted by Gasteiger charge is 2.36. The maximum absolute atomic E-state index is 13.4. The predicted molar refractivity (Wildman–Crippen MR) is 126 cm³/mol. The molecule has 1 aromatic heterocycles. The minimum atomic E-state index is -0.386. The van der Waals surface area contributed by atoms with Gasteiger partial charge in [-0.25, -0.2) is 5.01 Å². The summed E-state index contributed by atoms with van der Waals surface area (Å²) in [6.45, 7) is 0. The van der Waals surface area contributed by atoms with Crippen LogP contribution in [0.5, 0.6) is 23.0 Å². The Balaban J connectivity index is 1.78. The van der Waals surface area contributed by atoms with Crippen molar-refractivity contribution in [1.29, 1.82) is 0 Å². The molecule has 1 aliphatic rings. The number of carbonyl (C=O) groups excluding carboxylic acids is 1. The van der Waals surface area contributed by atoms with Gasteiger partial charge in [-0.2, -0.15) is 5.10 Å². The molecule has 33 heavy (non-hydrogen) atoms. The molecule has 4 rings (SSSR count). The zero-order valence-electron chi connectivity index (χ0n) is 18.6. The highest BCUT2D eigenvalue weighted by atomic mass is 79.9. The summed E-state index contributed by atoms with van der Waals surface area (Å²) in [6.07, 6.45) is 0.464. The highest BCUT2D eigenvalue weighted by Crippen LogP contribution is 2.40. The molecule has 1 aliphatic heterocycles. The monoisotopic (exact) mass is 514 g/mol. The lowest BCUT2D eigenvalue weighted by molar-refractivity contribution is 0.0677. The van der Waals surface area contributed by atoms with Gasteiger partial charge in [0.15, 0.2) is 21.9 Å². The van der Waals surface area contributed by atoms with Crippen molar-refractivity contribution < 1.29 is 28.2 Å². The van der Waals surface area contributed by atoms with E-state index in [9.17, 15) is 4.79 Å². The molecule has 3 aromatic rings. The molecule has 9 heteroatoms. The van der Waals surface area contributed by atoms with Crippen molar-refractivity contribution in [2.75, 3.05) is 28.4 Å². The Kier molecular flexibility index (Phi) is 6.60. The quantitative estimate of drug-likeness (QED) is 0.437. The first-order valence-electron chi connectivity index (χ1n) is 10.1. The molecule has 0 saturated heterocycles. The van der Waals surface area contributed by atoms with E-state index in [1.165, 1.54) is 5.01 Å². The molecule has 8 nitrogen and oxygen atoms in total. The number of hydrogen-bond acceptors (Lipinski definition) is 7. The summed E-state index contributed by atoms with van der Waals surface area (Å²) >= 11 is 3.25. The zero-order valence-corrected chi connectivity index (χ0v) is 20.2. The van der Waals surface area contributed by atoms with Gasteiger partial charge in [0.25, 0.3) is 0 Å². The number of hydrogen-bond donors (Lipinski definition) is 0. The number of furan rings is 1. The number of rotatable bonds is 7. The highest BCUT2D eigenvalue weighted by molar-refractivity contribution is 9.10. The SMILES string of the molecule is COc1ccc(C2=NN(C(=O)c3ccc(Br)o3)[C@H](c3ccc(OC)c(OC)c3)C2)c(OC)c1. The second-order valence-corrected chi connectivity index (χ2v) is 7.98. The summed E-state index contributed by atoms with van der Waals surface area (Å²) in [4.78, 5) is 13.4. The van der Waals surface area contributed by atoms with Crippen molar-refractivity contribution in [1.82, 2.24) is 5.01 Å². The molecular weight excluding hydrogens is 492 g/mol. The first-order chi connectivity index (χ1) is 16.0. The van der Waals surface area contributed by atoms with Crippen LogP contribution in [0, 0.1) is 0 Å². The number of methoxy groups -OCH3 is 4. The Hall–Kier alpha value is -3.46. The Morgan fingerprint density at radius 3 is 2.33 bits per heavy atom. The fourth-order valence-electron chi connectivity index (χ4n) is 3.76. The number of nitrogens with zero attached hydrogens (tertiary/aromatic N) is 2. The molecule has 172 valence electrons. The van der Waals surface area contributed by atoms with Crippen LogP contribution >= 0.6 is 15.9 Å². The van der Waals surface area contributed by atoms with Gasteiger partial charge < -0.3 is 23.4 Å². The second-order valence-electron chi connectivity index (χ2n) is 7.20. The number of benzene rings is 2. The number of amides is 1. The van der Waals surface area contributed by atoms with E-state index in [0.717, 1.165) is 11.1 Å². The molecule has 0 saturated carbocycles. The van der Waals surface area contributed by atoms with E-state index in [0.29, 0.717) is 39.8 Å². The van der Waals surface area contributed by atoms with Crippen molar-refractivity contribution in [3.8, 4) is 23.0 Å². The van der Waals surface area contributed by atoms with Crippen LogP contribution in [0.1, 0.15) is 34.1 Å². The molecular formula is C24H23BrN2O6. The molecule has 0 unspecified atom stereocenters. The summed E-state index contributed by atoms with van der Waals surface area (Å²) < 4.78 is 27.7. The van der Waals surface area contributed by atoms with Gasteiger partial charge in [0.1, 0.15) is 11.5 Å². The van der Waals surface area contributed by atoms with Gasteiger partial charge in [-0.05, 0) is 57.9 Å². The Morgan fingerprint density at radius 2 is 1.70 bits per heavy atom. The molecule has 0 spiro atoms. The van der Waals surface area contributed by atoms with E-state index in [-0.39, 0.29) is 17.7 Å². The summed E-state index contributed by atoms with van der Waals surface area (Å²) in [7, 11) is 6.33. The predicted octanol–water partition coefficient (Wildman–Crippen LogP) is 5.07. The van der Waals surface area contributed by atoms with Gasteiger partial charge in [-0.1, -0.05) is 6.07 Å². The first-order valence-corrected chi connectivity index (χ1v) is 10.9. The molecule has 2 heterocycles. The van der Waals surface area contributed by atoms with Gasteiger partial charge in [-0.15, -0.1) is 0 Å². The maximum atomic E-state index is 13.4. The molecule has 0 radical (unpaired) electrons. The van der Waals surface area contributed by atoms with E-state index in [4.69, 9.17) is 28.5 Å². The van der Waals surface area contributed by atoms with Gasteiger partial charge in [-0.3, -0.25) is 4.79 Å². The summed E-state index contributed by atoms with van der Waals surface area (Å²) in [5.41, 5.74) is 2.32. The van der Waals surface area contributed by atoms with Crippen LogP contribution in [0.15, 0.2) is 62.7 Å². The lowest BCUT2D eigenvalue weighted by atomic mass is 9.97. The topological polar surface area (TPSA) is 82.7 Å². The van der Waals surface area contributed by atoms with Crippen LogP contribution in [0.2, 0.25) is 0 Å². The fourth-order valence-corrected chi connectivity index (χ4v) is 4.07.